The predicted molar refractivity (Wildman–Crippen MR) is 96.8 cm³/mol. The van der Waals surface area contributed by atoms with E-state index in [4.69, 9.17) is 28.1 Å². The van der Waals surface area contributed by atoms with Gasteiger partial charge in [0.05, 0.1) is 12.0 Å². The SMILES string of the molecule is C#CCOc1ccc(/C=C2\SC(=S)N(CCC(=O)[O-])C2=O)cc1OC. The fourth-order valence-electron chi connectivity index (χ4n) is 2.06. The summed E-state index contributed by atoms with van der Waals surface area (Å²) < 4.78 is 10.9. The average molecular weight is 376 g/mol. The number of rotatable bonds is 7. The van der Waals surface area contributed by atoms with Crippen LogP contribution in [0.1, 0.15) is 12.0 Å². The Bertz CT molecular complexity index is 782. The molecule has 0 unspecified atom stereocenters. The minimum absolute atomic E-state index is 0.00741. The van der Waals surface area contributed by atoms with Crippen molar-refractivity contribution in [2.45, 2.75) is 6.42 Å². The third kappa shape index (κ3) is 4.75. The van der Waals surface area contributed by atoms with Gasteiger partial charge in [-0.05, 0) is 23.8 Å². The molecule has 0 aromatic heterocycles. The molecule has 130 valence electrons. The van der Waals surface area contributed by atoms with Crippen LogP contribution in [0.25, 0.3) is 6.08 Å². The van der Waals surface area contributed by atoms with Gasteiger partial charge in [0.15, 0.2) is 11.5 Å². The zero-order valence-electron chi connectivity index (χ0n) is 13.3. The quantitative estimate of drug-likeness (QED) is 0.400. The summed E-state index contributed by atoms with van der Waals surface area (Å²) in [5.41, 5.74) is 0.713. The van der Waals surface area contributed by atoms with Crippen molar-refractivity contribution in [2.24, 2.45) is 0 Å². The van der Waals surface area contributed by atoms with Crippen LogP contribution in [0.15, 0.2) is 23.1 Å². The Kier molecular flexibility index (Phi) is 6.44. The Morgan fingerprint density at radius 1 is 1.48 bits per heavy atom. The molecule has 1 heterocycles. The molecule has 1 saturated heterocycles. The summed E-state index contributed by atoms with van der Waals surface area (Å²) in [4.78, 5) is 24.6. The van der Waals surface area contributed by atoms with Crippen molar-refractivity contribution in [1.82, 2.24) is 4.90 Å². The molecular weight excluding hydrogens is 362 g/mol. The van der Waals surface area contributed by atoms with Gasteiger partial charge in [-0.15, -0.1) is 6.42 Å². The lowest BCUT2D eigenvalue weighted by Crippen LogP contribution is -2.33. The number of hydrogen-bond donors (Lipinski definition) is 0. The summed E-state index contributed by atoms with van der Waals surface area (Å²) >= 11 is 6.25. The number of carboxylic acid groups (broad SMARTS) is 1. The molecule has 2 rings (SSSR count). The molecule has 0 radical (unpaired) electrons. The lowest BCUT2D eigenvalue weighted by Gasteiger charge is -2.14. The lowest BCUT2D eigenvalue weighted by molar-refractivity contribution is -0.305. The third-order valence-electron chi connectivity index (χ3n) is 3.21. The first-order chi connectivity index (χ1) is 12.0. The van der Waals surface area contributed by atoms with Gasteiger partial charge >= 0.3 is 0 Å². The largest absolute Gasteiger partial charge is 0.550 e. The predicted octanol–water partition coefficient (Wildman–Crippen LogP) is 1.05. The maximum Gasteiger partial charge on any atom is 0.266 e. The van der Waals surface area contributed by atoms with E-state index in [1.165, 1.54) is 12.0 Å². The highest BCUT2D eigenvalue weighted by atomic mass is 32.2. The van der Waals surface area contributed by atoms with Crippen LogP contribution in [0.5, 0.6) is 11.5 Å². The normalized spacial score (nSPS) is 15.4. The Balaban J connectivity index is 2.20. The maximum atomic E-state index is 12.4. The summed E-state index contributed by atoms with van der Waals surface area (Å²) in [6, 6.07) is 5.15. The van der Waals surface area contributed by atoms with Crippen molar-refractivity contribution in [3.63, 3.8) is 0 Å². The lowest BCUT2D eigenvalue weighted by atomic mass is 10.2. The molecule has 0 atom stereocenters. The Morgan fingerprint density at radius 3 is 2.88 bits per heavy atom. The highest BCUT2D eigenvalue weighted by Crippen LogP contribution is 2.34. The second-order valence-electron chi connectivity index (χ2n) is 4.86. The minimum Gasteiger partial charge on any atom is -0.550 e. The van der Waals surface area contributed by atoms with Crippen LogP contribution in [0.3, 0.4) is 0 Å². The van der Waals surface area contributed by atoms with E-state index in [2.05, 4.69) is 5.92 Å². The van der Waals surface area contributed by atoms with Crippen LogP contribution in [0.2, 0.25) is 0 Å². The minimum atomic E-state index is -1.23. The smallest absolute Gasteiger partial charge is 0.266 e. The van der Waals surface area contributed by atoms with Crippen LogP contribution in [0.4, 0.5) is 0 Å². The van der Waals surface area contributed by atoms with Crippen molar-refractivity contribution in [3.8, 4) is 23.8 Å². The van der Waals surface area contributed by atoms with Crippen LogP contribution >= 0.6 is 24.0 Å². The molecule has 1 aromatic carbocycles. The third-order valence-corrected chi connectivity index (χ3v) is 4.59. The number of nitrogens with zero attached hydrogens (tertiary/aromatic N) is 1. The number of hydrogen-bond acceptors (Lipinski definition) is 7. The van der Waals surface area contributed by atoms with Gasteiger partial charge in [-0.2, -0.15) is 0 Å². The number of ether oxygens (including phenoxy) is 2. The first-order valence-electron chi connectivity index (χ1n) is 7.15. The summed E-state index contributed by atoms with van der Waals surface area (Å²) in [7, 11) is 1.50. The van der Waals surface area contributed by atoms with Gasteiger partial charge in [0.25, 0.3) is 5.91 Å². The number of carbonyl (C=O) groups excluding carboxylic acids is 2. The van der Waals surface area contributed by atoms with E-state index in [9.17, 15) is 14.7 Å². The topological polar surface area (TPSA) is 78.9 Å². The van der Waals surface area contributed by atoms with E-state index < -0.39 is 5.97 Å². The van der Waals surface area contributed by atoms with Crippen molar-refractivity contribution < 1.29 is 24.2 Å². The van der Waals surface area contributed by atoms with Crippen LogP contribution < -0.4 is 14.6 Å². The van der Waals surface area contributed by atoms with E-state index in [0.717, 1.165) is 11.8 Å². The van der Waals surface area contributed by atoms with Gasteiger partial charge in [0.2, 0.25) is 0 Å². The molecule has 0 N–H and O–H groups in total. The number of thioether (sulfide) groups is 1. The monoisotopic (exact) mass is 376 g/mol. The van der Waals surface area contributed by atoms with E-state index in [0.29, 0.717) is 26.3 Å². The van der Waals surface area contributed by atoms with Gasteiger partial charge in [-0.3, -0.25) is 9.69 Å². The molecule has 0 saturated carbocycles. The number of carboxylic acids is 1. The molecule has 6 nitrogen and oxygen atoms in total. The van der Waals surface area contributed by atoms with E-state index >= 15 is 0 Å². The Labute approximate surface area is 154 Å². The zero-order valence-corrected chi connectivity index (χ0v) is 14.9. The van der Waals surface area contributed by atoms with Crippen molar-refractivity contribution >= 4 is 46.3 Å². The van der Waals surface area contributed by atoms with Gasteiger partial charge in [-0.1, -0.05) is 36.0 Å². The average Bonchev–Trinajstić information content (AvgIpc) is 2.85. The number of thiocarbonyl (C=S) groups is 1. The second-order valence-corrected chi connectivity index (χ2v) is 6.53. The number of benzene rings is 1. The Hall–Kier alpha value is -2.50. The van der Waals surface area contributed by atoms with Gasteiger partial charge in [-0.25, -0.2) is 0 Å². The first kappa shape index (κ1) is 18.8. The molecule has 1 aliphatic rings. The molecule has 0 spiro atoms. The first-order valence-corrected chi connectivity index (χ1v) is 8.38. The zero-order chi connectivity index (χ0) is 18.4. The van der Waals surface area contributed by atoms with Crippen molar-refractivity contribution in [1.29, 1.82) is 0 Å². The molecule has 1 aromatic rings. The summed E-state index contributed by atoms with van der Waals surface area (Å²) in [5, 5.41) is 10.6. The molecule has 25 heavy (non-hydrogen) atoms. The molecule has 1 aliphatic heterocycles. The number of terminal acetylenes is 1. The number of methoxy groups -OCH3 is 1. The Morgan fingerprint density at radius 2 is 2.24 bits per heavy atom. The molecular formula is C17H14NO5S2-. The highest BCUT2D eigenvalue weighted by Gasteiger charge is 2.31. The second kappa shape index (κ2) is 8.55. The van der Waals surface area contributed by atoms with Gasteiger partial charge < -0.3 is 19.4 Å². The van der Waals surface area contributed by atoms with Gasteiger partial charge in [0.1, 0.15) is 10.9 Å². The van der Waals surface area contributed by atoms with E-state index in [-0.39, 0.29) is 25.5 Å². The molecule has 0 bridgehead atoms. The van der Waals surface area contributed by atoms with Crippen LogP contribution in [0, 0.1) is 12.3 Å². The summed E-state index contributed by atoms with van der Waals surface area (Å²) in [6.07, 6.45) is 6.56. The molecule has 8 heteroatoms. The molecule has 1 fully saturated rings. The van der Waals surface area contributed by atoms with Crippen LogP contribution in [-0.2, 0) is 9.59 Å². The highest BCUT2D eigenvalue weighted by molar-refractivity contribution is 8.26. The van der Waals surface area contributed by atoms with E-state index in [1.54, 1.807) is 24.3 Å². The van der Waals surface area contributed by atoms with E-state index in [1.807, 2.05) is 0 Å². The number of carbonyl (C=O) groups is 2. The van der Waals surface area contributed by atoms with Crippen molar-refractivity contribution in [2.75, 3.05) is 20.3 Å². The molecule has 1 amide bonds. The van der Waals surface area contributed by atoms with Gasteiger partial charge in [0, 0.05) is 18.9 Å². The summed E-state index contributed by atoms with van der Waals surface area (Å²) in [6.45, 7) is 0.110. The fourth-order valence-corrected chi connectivity index (χ4v) is 3.37. The standard InChI is InChI=1S/C17H15NO5S2/c1-3-8-23-12-5-4-11(9-13(12)22-2)10-14-16(21)18(17(24)25-14)7-6-15(19)20/h1,4-5,9-10H,6-8H2,2H3,(H,19,20)/p-1/b14-10-. The number of amides is 1. The molecule has 0 aliphatic carbocycles. The van der Waals surface area contributed by atoms with Crippen molar-refractivity contribution in [3.05, 3.63) is 28.7 Å². The fraction of sp³-hybridized carbons (Fsp3) is 0.235. The summed E-state index contributed by atoms with van der Waals surface area (Å²) in [5.74, 6) is 1.79. The number of aliphatic carboxylic acids is 1. The maximum absolute atomic E-state index is 12.4. The van der Waals surface area contributed by atoms with Crippen LogP contribution in [-0.4, -0.2) is 41.4 Å².